The fourth-order valence-corrected chi connectivity index (χ4v) is 3.54. The molecule has 1 aromatic rings. The maximum Gasteiger partial charge on any atom is 0.321 e. The Balaban J connectivity index is 1.61. The first kappa shape index (κ1) is 13.9. The molecule has 112 valence electrons. The second-order valence-electron chi connectivity index (χ2n) is 6.06. The minimum absolute atomic E-state index is 0.0302. The largest absolute Gasteiger partial charge is 0.481 e. The number of urea groups is 1. The maximum absolute atomic E-state index is 12.3. The summed E-state index contributed by atoms with van der Waals surface area (Å²) in [6.45, 7) is 1.70. The molecule has 0 radical (unpaired) electrons. The standard InChI is InChI=1S/C16H20N2O3/c19-15(20)8-11-3-1-6-14(7-11)17-16(21)18-9-12-4-2-5-13(12)10-18/h1,3,6-7,12-13H,2,4-5,8-10H2,(H,17,21)(H,19,20). The molecule has 2 amide bonds. The van der Waals surface area contributed by atoms with E-state index in [0.717, 1.165) is 13.1 Å². The minimum Gasteiger partial charge on any atom is -0.481 e. The van der Waals surface area contributed by atoms with Crippen LogP contribution in [0.1, 0.15) is 24.8 Å². The van der Waals surface area contributed by atoms with Crippen molar-refractivity contribution in [3.05, 3.63) is 29.8 Å². The molecule has 21 heavy (non-hydrogen) atoms. The first-order valence-corrected chi connectivity index (χ1v) is 7.48. The average Bonchev–Trinajstić information content (AvgIpc) is 2.98. The van der Waals surface area contributed by atoms with Gasteiger partial charge in [0.05, 0.1) is 6.42 Å². The molecule has 1 aliphatic carbocycles. The molecule has 2 N–H and O–H groups in total. The van der Waals surface area contributed by atoms with Crippen LogP contribution in [0.2, 0.25) is 0 Å². The van der Waals surface area contributed by atoms with E-state index in [-0.39, 0.29) is 12.5 Å². The number of likely N-dealkylation sites (tertiary alicyclic amines) is 1. The quantitative estimate of drug-likeness (QED) is 0.898. The number of carboxylic acid groups (broad SMARTS) is 1. The van der Waals surface area contributed by atoms with Gasteiger partial charge in [-0.25, -0.2) is 4.79 Å². The van der Waals surface area contributed by atoms with Gasteiger partial charge in [-0.1, -0.05) is 18.6 Å². The lowest BCUT2D eigenvalue weighted by Crippen LogP contribution is -2.33. The van der Waals surface area contributed by atoms with Gasteiger partial charge in [-0.15, -0.1) is 0 Å². The van der Waals surface area contributed by atoms with Crippen molar-refractivity contribution in [3.63, 3.8) is 0 Å². The Hall–Kier alpha value is -2.04. The first-order chi connectivity index (χ1) is 10.1. The summed E-state index contributed by atoms with van der Waals surface area (Å²) in [6, 6.07) is 6.97. The number of carbonyl (C=O) groups is 2. The van der Waals surface area contributed by atoms with Crippen molar-refractivity contribution in [1.82, 2.24) is 4.90 Å². The number of rotatable bonds is 3. The van der Waals surface area contributed by atoms with Crippen LogP contribution in [0.5, 0.6) is 0 Å². The highest BCUT2D eigenvalue weighted by Gasteiger charge is 2.37. The molecule has 2 atom stereocenters. The third-order valence-corrected chi connectivity index (χ3v) is 4.55. The SMILES string of the molecule is O=C(O)Cc1cccc(NC(=O)N2CC3CCCC3C2)c1. The second kappa shape index (κ2) is 5.76. The molecule has 5 heteroatoms. The molecule has 0 aromatic heterocycles. The highest BCUT2D eigenvalue weighted by atomic mass is 16.4. The van der Waals surface area contributed by atoms with Crippen molar-refractivity contribution >= 4 is 17.7 Å². The van der Waals surface area contributed by atoms with Crippen LogP contribution in [0, 0.1) is 11.8 Å². The van der Waals surface area contributed by atoms with Crippen LogP contribution in [-0.4, -0.2) is 35.1 Å². The van der Waals surface area contributed by atoms with Gasteiger partial charge in [0.1, 0.15) is 0 Å². The van der Waals surface area contributed by atoms with Gasteiger partial charge in [-0.05, 0) is 42.4 Å². The topological polar surface area (TPSA) is 69.6 Å². The van der Waals surface area contributed by atoms with Gasteiger partial charge in [-0.2, -0.15) is 0 Å². The van der Waals surface area contributed by atoms with Gasteiger partial charge < -0.3 is 15.3 Å². The van der Waals surface area contributed by atoms with Crippen molar-refractivity contribution in [3.8, 4) is 0 Å². The van der Waals surface area contributed by atoms with Crippen LogP contribution in [0.15, 0.2) is 24.3 Å². The summed E-state index contributed by atoms with van der Waals surface area (Å²) in [5, 5.41) is 11.7. The van der Waals surface area contributed by atoms with Crippen LogP contribution in [0.3, 0.4) is 0 Å². The molecular weight excluding hydrogens is 268 g/mol. The number of anilines is 1. The summed E-state index contributed by atoms with van der Waals surface area (Å²) < 4.78 is 0. The zero-order valence-electron chi connectivity index (χ0n) is 11.9. The van der Waals surface area contributed by atoms with Crippen LogP contribution in [0.4, 0.5) is 10.5 Å². The summed E-state index contributed by atoms with van der Waals surface area (Å²) >= 11 is 0. The number of benzene rings is 1. The smallest absolute Gasteiger partial charge is 0.321 e. The molecule has 1 heterocycles. The zero-order valence-corrected chi connectivity index (χ0v) is 11.9. The predicted octanol–water partition coefficient (Wildman–Crippen LogP) is 2.58. The number of nitrogens with one attached hydrogen (secondary N) is 1. The van der Waals surface area contributed by atoms with E-state index in [1.54, 1.807) is 24.3 Å². The molecule has 2 unspecified atom stereocenters. The number of hydrogen-bond donors (Lipinski definition) is 2. The number of amides is 2. The third-order valence-electron chi connectivity index (χ3n) is 4.55. The Kier molecular flexibility index (Phi) is 3.82. The summed E-state index contributed by atoms with van der Waals surface area (Å²) in [7, 11) is 0. The Morgan fingerprint density at radius 3 is 2.62 bits per heavy atom. The second-order valence-corrected chi connectivity index (χ2v) is 6.06. The van der Waals surface area contributed by atoms with Crippen molar-refractivity contribution in [1.29, 1.82) is 0 Å². The normalized spacial score (nSPS) is 23.9. The zero-order chi connectivity index (χ0) is 14.8. The van der Waals surface area contributed by atoms with Crippen LogP contribution < -0.4 is 5.32 Å². The fourth-order valence-electron chi connectivity index (χ4n) is 3.54. The number of fused-ring (bicyclic) bond motifs is 1. The molecular formula is C16H20N2O3. The van der Waals surface area contributed by atoms with E-state index in [4.69, 9.17) is 5.11 Å². The molecule has 5 nitrogen and oxygen atoms in total. The highest BCUT2D eigenvalue weighted by Crippen LogP contribution is 2.37. The van der Waals surface area contributed by atoms with Gasteiger partial charge in [-0.3, -0.25) is 4.79 Å². The monoisotopic (exact) mass is 288 g/mol. The number of carbonyl (C=O) groups excluding carboxylic acids is 1. The molecule has 2 fully saturated rings. The van der Waals surface area contributed by atoms with Gasteiger partial charge in [0.25, 0.3) is 0 Å². The highest BCUT2D eigenvalue weighted by molar-refractivity contribution is 5.89. The van der Waals surface area contributed by atoms with Gasteiger partial charge >= 0.3 is 12.0 Å². The Labute approximate surface area is 123 Å². The van der Waals surface area contributed by atoms with Crippen molar-refractivity contribution in [2.24, 2.45) is 11.8 Å². The average molecular weight is 288 g/mol. The van der Waals surface area contributed by atoms with Gasteiger partial charge in [0, 0.05) is 18.8 Å². The molecule has 1 saturated heterocycles. The molecule has 0 spiro atoms. The van der Waals surface area contributed by atoms with E-state index >= 15 is 0 Å². The van der Waals surface area contributed by atoms with Crippen molar-refractivity contribution < 1.29 is 14.7 Å². The summed E-state index contributed by atoms with van der Waals surface area (Å²) in [5.41, 5.74) is 1.36. The number of hydrogen-bond acceptors (Lipinski definition) is 2. The van der Waals surface area contributed by atoms with Crippen LogP contribution in [0.25, 0.3) is 0 Å². The van der Waals surface area contributed by atoms with Gasteiger partial charge in [0.2, 0.25) is 0 Å². The van der Waals surface area contributed by atoms with Crippen molar-refractivity contribution in [2.75, 3.05) is 18.4 Å². The molecule has 1 aromatic carbocycles. The number of carboxylic acids is 1. The Morgan fingerprint density at radius 1 is 1.24 bits per heavy atom. The van der Waals surface area contributed by atoms with E-state index in [1.807, 2.05) is 4.90 Å². The van der Waals surface area contributed by atoms with E-state index < -0.39 is 5.97 Å². The Bertz CT molecular complexity index is 546. The molecule has 1 saturated carbocycles. The van der Waals surface area contributed by atoms with E-state index in [1.165, 1.54) is 19.3 Å². The molecule has 0 bridgehead atoms. The van der Waals surface area contributed by atoms with Crippen molar-refractivity contribution in [2.45, 2.75) is 25.7 Å². The molecule has 3 rings (SSSR count). The molecule has 2 aliphatic rings. The van der Waals surface area contributed by atoms with E-state index in [2.05, 4.69) is 5.32 Å². The minimum atomic E-state index is -0.870. The van der Waals surface area contributed by atoms with Gasteiger partial charge in [0.15, 0.2) is 0 Å². The molecule has 1 aliphatic heterocycles. The summed E-state index contributed by atoms with van der Waals surface area (Å²) in [5.74, 6) is 0.481. The van der Waals surface area contributed by atoms with Crippen LogP contribution in [-0.2, 0) is 11.2 Å². The Morgan fingerprint density at radius 2 is 1.95 bits per heavy atom. The number of nitrogens with zero attached hydrogens (tertiary/aromatic N) is 1. The van der Waals surface area contributed by atoms with Crippen LogP contribution >= 0.6 is 0 Å². The lowest BCUT2D eigenvalue weighted by molar-refractivity contribution is -0.136. The lowest BCUT2D eigenvalue weighted by Gasteiger charge is -2.18. The lowest BCUT2D eigenvalue weighted by atomic mass is 10.0. The summed E-state index contributed by atoms with van der Waals surface area (Å²) in [4.78, 5) is 24.9. The number of aliphatic carboxylic acids is 1. The fraction of sp³-hybridized carbons (Fsp3) is 0.500. The third kappa shape index (κ3) is 3.17. The maximum atomic E-state index is 12.3. The first-order valence-electron chi connectivity index (χ1n) is 7.48. The van der Waals surface area contributed by atoms with E-state index in [0.29, 0.717) is 23.1 Å². The summed E-state index contributed by atoms with van der Waals surface area (Å²) in [6.07, 6.45) is 3.74. The predicted molar refractivity (Wildman–Crippen MR) is 79.2 cm³/mol. The van der Waals surface area contributed by atoms with E-state index in [9.17, 15) is 9.59 Å².